The highest BCUT2D eigenvalue weighted by Gasteiger charge is 2.27. The predicted molar refractivity (Wildman–Crippen MR) is 65.6 cm³/mol. The van der Waals surface area contributed by atoms with Gasteiger partial charge in [0.15, 0.2) is 0 Å². The quantitative estimate of drug-likeness (QED) is 0.603. The zero-order chi connectivity index (χ0) is 11.5. The number of halogens is 1. The fourth-order valence-corrected chi connectivity index (χ4v) is 1.57. The van der Waals surface area contributed by atoms with Crippen LogP contribution < -0.4 is 5.32 Å². The van der Waals surface area contributed by atoms with E-state index in [1.807, 2.05) is 0 Å². The first-order chi connectivity index (χ1) is 6.90. The normalized spacial score (nSPS) is 16.6. The molecule has 1 fully saturated rings. The summed E-state index contributed by atoms with van der Waals surface area (Å²) in [6.45, 7) is 7.68. The molecule has 5 heteroatoms. The average Bonchev–Trinajstić information content (AvgIpc) is 2.40. The third-order valence-corrected chi connectivity index (χ3v) is 2.37. The Morgan fingerprint density at radius 3 is 2.12 bits per heavy atom. The Balaban J connectivity index is 0.00000225. The molecule has 0 unspecified atom stereocenters. The standard InChI is InChI=1S/C11H20N2O2.ClH/c1-11(2,3)12-7-4-8-13-9(14)5-6-10(13)15;/h12H,4-8H2,1-3H3;1H. The largest absolute Gasteiger partial charge is 0.312 e. The van der Waals surface area contributed by atoms with Crippen molar-refractivity contribution in [1.29, 1.82) is 0 Å². The average molecular weight is 249 g/mol. The van der Waals surface area contributed by atoms with Crippen LogP contribution in [0.25, 0.3) is 0 Å². The number of rotatable bonds is 4. The van der Waals surface area contributed by atoms with Crippen molar-refractivity contribution in [2.75, 3.05) is 13.1 Å². The van der Waals surface area contributed by atoms with Gasteiger partial charge in [-0.15, -0.1) is 12.4 Å². The molecule has 2 amide bonds. The van der Waals surface area contributed by atoms with Gasteiger partial charge in [-0.2, -0.15) is 0 Å². The minimum atomic E-state index is -0.0178. The van der Waals surface area contributed by atoms with E-state index in [0.717, 1.165) is 13.0 Å². The second-order valence-corrected chi connectivity index (χ2v) is 4.97. The molecule has 1 N–H and O–H groups in total. The lowest BCUT2D eigenvalue weighted by Gasteiger charge is -2.21. The molecule has 0 radical (unpaired) electrons. The Morgan fingerprint density at radius 1 is 1.19 bits per heavy atom. The molecule has 1 aliphatic rings. The van der Waals surface area contributed by atoms with Crippen molar-refractivity contribution in [3.63, 3.8) is 0 Å². The fourth-order valence-electron chi connectivity index (χ4n) is 1.57. The third kappa shape index (κ3) is 4.94. The van der Waals surface area contributed by atoms with E-state index in [9.17, 15) is 9.59 Å². The van der Waals surface area contributed by atoms with Crippen molar-refractivity contribution in [3.8, 4) is 0 Å². The highest BCUT2D eigenvalue weighted by molar-refractivity contribution is 6.01. The van der Waals surface area contributed by atoms with Crippen LogP contribution in [0, 0.1) is 0 Å². The molecule has 0 atom stereocenters. The lowest BCUT2D eigenvalue weighted by atomic mass is 10.1. The molecule has 94 valence electrons. The van der Waals surface area contributed by atoms with Gasteiger partial charge in [0.1, 0.15) is 0 Å². The van der Waals surface area contributed by atoms with Gasteiger partial charge in [-0.1, -0.05) is 0 Å². The van der Waals surface area contributed by atoms with E-state index in [4.69, 9.17) is 0 Å². The van der Waals surface area contributed by atoms with E-state index in [0.29, 0.717) is 19.4 Å². The summed E-state index contributed by atoms with van der Waals surface area (Å²) in [4.78, 5) is 23.9. The molecule has 4 nitrogen and oxygen atoms in total. The van der Waals surface area contributed by atoms with Gasteiger partial charge in [-0.25, -0.2) is 0 Å². The summed E-state index contributed by atoms with van der Waals surface area (Å²) in [6, 6.07) is 0. The number of imide groups is 1. The molecular formula is C11H21ClN2O2. The molecule has 1 heterocycles. The number of hydrogen-bond donors (Lipinski definition) is 1. The number of amides is 2. The van der Waals surface area contributed by atoms with Crippen molar-refractivity contribution in [2.24, 2.45) is 0 Å². The second-order valence-electron chi connectivity index (χ2n) is 4.97. The van der Waals surface area contributed by atoms with Gasteiger partial charge in [0.25, 0.3) is 0 Å². The first kappa shape index (κ1) is 15.4. The van der Waals surface area contributed by atoms with Crippen LogP contribution in [0.4, 0.5) is 0 Å². The van der Waals surface area contributed by atoms with Crippen LogP contribution in [0.3, 0.4) is 0 Å². The Morgan fingerprint density at radius 2 is 1.69 bits per heavy atom. The smallest absolute Gasteiger partial charge is 0.229 e. The summed E-state index contributed by atoms with van der Waals surface area (Å²) in [7, 11) is 0. The molecule has 1 aliphatic heterocycles. The maximum Gasteiger partial charge on any atom is 0.229 e. The maximum absolute atomic E-state index is 11.3. The molecule has 0 aromatic carbocycles. The molecule has 0 aliphatic carbocycles. The van der Waals surface area contributed by atoms with E-state index in [1.54, 1.807) is 0 Å². The minimum Gasteiger partial charge on any atom is -0.312 e. The lowest BCUT2D eigenvalue weighted by Crippen LogP contribution is -2.38. The van der Waals surface area contributed by atoms with Crippen LogP contribution >= 0.6 is 12.4 Å². The number of carbonyl (C=O) groups excluding carboxylic acids is 2. The molecule has 0 aromatic rings. The van der Waals surface area contributed by atoms with Crippen LogP contribution in [0.1, 0.15) is 40.0 Å². The van der Waals surface area contributed by atoms with Gasteiger partial charge in [0.2, 0.25) is 11.8 Å². The molecule has 16 heavy (non-hydrogen) atoms. The molecule has 0 saturated carbocycles. The van der Waals surface area contributed by atoms with E-state index in [1.165, 1.54) is 4.90 Å². The monoisotopic (exact) mass is 248 g/mol. The van der Waals surface area contributed by atoms with Crippen molar-refractivity contribution < 1.29 is 9.59 Å². The molecule has 0 spiro atoms. The Bertz CT molecular complexity index is 245. The Kier molecular flexibility index (Phi) is 5.97. The van der Waals surface area contributed by atoms with Crippen LogP contribution in [0.5, 0.6) is 0 Å². The summed E-state index contributed by atoms with van der Waals surface area (Å²) < 4.78 is 0. The van der Waals surface area contributed by atoms with Crippen molar-refractivity contribution in [3.05, 3.63) is 0 Å². The van der Waals surface area contributed by atoms with E-state index >= 15 is 0 Å². The van der Waals surface area contributed by atoms with Gasteiger partial charge in [0.05, 0.1) is 0 Å². The second kappa shape index (κ2) is 6.21. The third-order valence-electron chi connectivity index (χ3n) is 2.37. The SMILES string of the molecule is CC(C)(C)NCCCN1C(=O)CCC1=O.Cl. The Hall–Kier alpha value is -0.610. The minimum absolute atomic E-state index is 0. The number of nitrogens with one attached hydrogen (secondary N) is 1. The van der Waals surface area contributed by atoms with Gasteiger partial charge in [-0.05, 0) is 33.7 Å². The lowest BCUT2D eigenvalue weighted by molar-refractivity contribution is -0.138. The summed E-state index contributed by atoms with van der Waals surface area (Å²) in [5.41, 5.74) is 0.0963. The summed E-state index contributed by atoms with van der Waals surface area (Å²) >= 11 is 0. The van der Waals surface area contributed by atoms with Gasteiger partial charge >= 0.3 is 0 Å². The number of hydrogen-bond acceptors (Lipinski definition) is 3. The summed E-state index contributed by atoms with van der Waals surface area (Å²) in [6.07, 6.45) is 1.62. The van der Waals surface area contributed by atoms with Crippen molar-refractivity contribution in [1.82, 2.24) is 10.2 Å². The van der Waals surface area contributed by atoms with E-state index in [-0.39, 0.29) is 29.8 Å². The van der Waals surface area contributed by atoms with Crippen molar-refractivity contribution >= 4 is 24.2 Å². The van der Waals surface area contributed by atoms with Gasteiger partial charge < -0.3 is 5.32 Å². The summed E-state index contributed by atoms with van der Waals surface area (Å²) in [5.74, 6) is -0.0356. The first-order valence-electron chi connectivity index (χ1n) is 5.48. The van der Waals surface area contributed by atoms with Gasteiger partial charge in [0, 0.05) is 24.9 Å². The molecule has 1 rings (SSSR count). The van der Waals surface area contributed by atoms with E-state index < -0.39 is 0 Å². The fraction of sp³-hybridized carbons (Fsp3) is 0.818. The molecule has 0 bridgehead atoms. The zero-order valence-electron chi connectivity index (χ0n) is 10.2. The first-order valence-corrected chi connectivity index (χ1v) is 5.48. The highest BCUT2D eigenvalue weighted by Crippen LogP contribution is 2.11. The molecular weight excluding hydrogens is 228 g/mol. The van der Waals surface area contributed by atoms with Crippen LogP contribution in [-0.4, -0.2) is 35.3 Å². The zero-order valence-corrected chi connectivity index (χ0v) is 11.0. The number of likely N-dealkylation sites (tertiary alicyclic amines) is 1. The summed E-state index contributed by atoms with van der Waals surface area (Å²) in [5, 5.41) is 3.33. The molecule has 1 saturated heterocycles. The molecule has 0 aromatic heterocycles. The van der Waals surface area contributed by atoms with E-state index in [2.05, 4.69) is 26.1 Å². The Labute approximate surface area is 103 Å². The van der Waals surface area contributed by atoms with Gasteiger partial charge in [-0.3, -0.25) is 14.5 Å². The highest BCUT2D eigenvalue weighted by atomic mass is 35.5. The number of carbonyl (C=O) groups is 2. The van der Waals surface area contributed by atoms with Crippen LogP contribution in [0.2, 0.25) is 0 Å². The van der Waals surface area contributed by atoms with Crippen LogP contribution in [-0.2, 0) is 9.59 Å². The topological polar surface area (TPSA) is 49.4 Å². The van der Waals surface area contributed by atoms with Crippen LogP contribution in [0.15, 0.2) is 0 Å². The maximum atomic E-state index is 11.3. The predicted octanol–water partition coefficient (Wildman–Crippen LogP) is 1.34. The number of nitrogens with zero attached hydrogens (tertiary/aromatic N) is 1. The van der Waals surface area contributed by atoms with Crippen molar-refractivity contribution in [2.45, 2.75) is 45.6 Å².